The van der Waals surface area contributed by atoms with Gasteiger partial charge in [0.2, 0.25) is 5.56 Å². The predicted molar refractivity (Wildman–Crippen MR) is 140 cm³/mol. The number of hydrogen-bond acceptors (Lipinski definition) is 5. The van der Waals surface area contributed by atoms with Crippen LogP contribution in [0.4, 0.5) is 22.0 Å². The second kappa shape index (κ2) is 12.0. The number of fused-ring (bicyclic) bond motifs is 1. The fourth-order valence-electron chi connectivity index (χ4n) is 4.24. The maximum atomic E-state index is 13.9. The van der Waals surface area contributed by atoms with Crippen LogP contribution in [0.2, 0.25) is 0 Å². The molecule has 4 atom stereocenters. The Morgan fingerprint density at radius 3 is 2.34 bits per heavy atom. The summed E-state index contributed by atoms with van der Waals surface area (Å²) in [4.78, 5) is 24.1. The minimum absolute atomic E-state index is 0.184. The maximum Gasteiger partial charge on any atom is 0.573 e. The van der Waals surface area contributed by atoms with Crippen LogP contribution >= 0.6 is 0 Å². The molecule has 13 heteroatoms. The molecule has 4 rings (SSSR count). The van der Waals surface area contributed by atoms with Gasteiger partial charge in [-0.05, 0) is 48.9 Å². The molecule has 0 spiro atoms. The molecule has 0 radical (unpaired) electrons. The zero-order valence-electron chi connectivity index (χ0n) is 22.2. The number of nitrogens with one attached hydrogen (secondary N) is 1. The summed E-state index contributed by atoms with van der Waals surface area (Å²) in [5, 5.41) is 7.50. The summed E-state index contributed by atoms with van der Waals surface area (Å²) in [5.74, 6) is -2.06. The van der Waals surface area contributed by atoms with Gasteiger partial charge in [-0.15, -0.1) is 13.2 Å². The SMILES string of the molecule is CC(F)C(=O)N[C@@H](C(C)CF)[C@H](Oc1ccc2c(cnn2-c2ccc(=O)n(C)c2)c1)c1ccc(OC(F)(F)F)cc1. The van der Waals surface area contributed by atoms with E-state index in [1.54, 1.807) is 48.4 Å². The highest BCUT2D eigenvalue weighted by Crippen LogP contribution is 2.33. The molecule has 1 N–H and O–H groups in total. The summed E-state index contributed by atoms with van der Waals surface area (Å²) in [6.07, 6.45) is -4.73. The summed E-state index contributed by atoms with van der Waals surface area (Å²) in [6.45, 7) is 1.62. The number of benzene rings is 2. The molecule has 41 heavy (non-hydrogen) atoms. The second-order valence-corrected chi connectivity index (χ2v) is 9.55. The molecule has 0 fully saturated rings. The van der Waals surface area contributed by atoms with Gasteiger partial charge in [0, 0.05) is 30.6 Å². The number of carbonyl (C=O) groups is 1. The number of alkyl halides is 5. The van der Waals surface area contributed by atoms with Crippen LogP contribution in [0.15, 0.2) is 71.8 Å². The lowest BCUT2D eigenvalue weighted by Crippen LogP contribution is -2.48. The Bertz CT molecular complexity index is 1570. The fourth-order valence-corrected chi connectivity index (χ4v) is 4.24. The largest absolute Gasteiger partial charge is 0.573 e. The van der Waals surface area contributed by atoms with Gasteiger partial charge in [-0.1, -0.05) is 19.1 Å². The van der Waals surface area contributed by atoms with Crippen molar-refractivity contribution in [2.75, 3.05) is 6.67 Å². The molecule has 0 aliphatic carbocycles. The standard InChI is InChI=1S/C28H27F5N4O4/c1-16(13-29)25(35-27(39)17(2)30)26(18-4-7-21(8-5-18)41-28(31,32)33)40-22-9-10-23-19(12-22)14-34-37(23)20-6-11-24(38)36(3)15-20/h4-12,14-17,25-26H,13H2,1-3H3,(H,35,39)/t16?,17?,25-,26+/m0/s1. The van der Waals surface area contributed by atoms with Crippen LogP contribution in [0, 0.1) is 5.92 Å². The van der Waals surface area contributed by atoms with Gasteiger partial charge < -0.3 is 19.4 Å². The minimum atomic E-state index is -4.90. The summed E-state index contributed by atoms with van der Waals surface area (Å²) in [7, 11) is 1.61. The summed E-state index contributed by atoms with van der Waals surface area (Å²) >= 11 is 0. The van der Waals surface area contributed by atoms with Crippen molar-refractivity contribution in [3.8, 4) is 17.2 Å². The number of aromatic nitrogens is 3. The molecule has 4 aromatic rings. The summed E-state index contributed by atoms with van der Waals surface area (Å²) < 4.78 is 78.9. The zero-order chi connectivity index (χ0) is 29.9. The Morgan fingerprint density at radius 2 is 1.73 bits per heavy atom. The van der Waals surface area contributed by atoms with Crippen molar-refractivity contribution < 1.29 is 36.2 Å². The van der Waals surface area contributed by atoms with Crippen molar-refractivity contribution in [3.63, 3.8) is 0 Å². The molecule has 2 aromatic carbocycles. The number of ether oxygens (including phenoxy) is 2. The van der Waals surface area contributed by atoms with Gasteiger partial charge >= 0.3 is 6.36 Å². The number of aryl methyl sites for hydroxylation is 1. The highest BCUT2D eigenvalue weighted by atomic mass is 19.4. The normalized spacial score (nSPS) is 14.7. The molecule has 2 heterocycles. The van der Waals surface area contributed by atoms with Crippen molar-refractivity contribution in [2.24, 2.45) is 13.0 Å². The molecular weight excluding hydrogens is 551 g/mol. The van der Waals surface area contributed by atoms with Gasteiger partial charge in [0.25, 0.3) is 5.91 Å². The molecule has 0 saturated heterocycles. The van der Waals surface area contributed by atoms with E-state index in [1.807, 2.05) is 0 Å². The molecule has 0 bridgehead atoms. The van der Waals surface area contributed by atoms with Crippen LogP contribution < -0.4 is 20.3 Å². The first-order chi connectivity index (χ1) is 19.4. The molecule has 0 aliphatic rings. The summed E-state index contributed by atoms with van der Waals surface area (Å²) in [6, 6.07) is 11.6. The van der Waals surface area contributed by atoms with E-state index in [0.29, 0.717) is 16.6 Å². The van der Waals surface area contributed by atoms with Crippen molar-refractivity contribution in [3.05, 3.63) is 82.9 Å². The summed E-state index contributed by atoms with van der Waals surface area (Å²) in [5.41, 5.74) is 1.41. The molecule has 1 amide bonds. The Morgan fingerprint density at radius 1 is 1.05 bits per heavy atom. The van der Waals surface area contributed by atoms with Crippen LogP contribution in [0.5, 0.6) is 11.5 Å². The van der Waals surface area contributed by atoms with Crippen LogP contribution in [-0.2, 0) is 11.8 Å². The fraction of sp³-hybridized carbons (Fsp3) is 0.321. The van der Waals surface area contributed by atoms with Crippen LogP contribution in [0.3, 0.4) is 0 Å². The Hall–Kier alpha value is -4.42. The lowest BCUT2D eigenvalue weighted by Gasteiger charge is -2.32. The van der Waals surface area contributed by atoms with E-state index in [2.05, 4.69) is 15.2 Å². The van der Waals surface area contributed by atoms with Crippen molar-refractivity contribution >= 4 is 16.8 Å². The minimum Gasteiger partial charge on any atom is -0.484 e. The number of hydrogen-bond donors (Lipinski definition) is 1. The topological polar surface area (TPSA) is 87.4 Å². The number of carbonyl (C=O) groups excluding carboxylic acids is 1. The molecule has 2 aromatic heterocycles. The van der Waals surface area contributed by atoms with Crippen LogP contribution in [0.1, 0.15) is 25.5 Å². The molecule has 0 aliphatic heterocycles. The zero-order valence-corrected chi connectivity index (χ0v) is 22.2. The monoisotopic (exact) mass is 578 g/mol. The number of rotatable bonds is 10. The van der Waals surface area contributed by atoms with Crippen molar-refractivity contribution in [1.29, 1.82) is 0 Å². The van der Waals surface area contributed by atoms with E-state index in [0.717, 1.165) is 19.1 Å². The highest BCUT2D eigenvalue weighted by molar-refractivity contribution is 5.82. The van der Waals surface area contributed by atoms with Gasteiger partial charge in [0.15, 0.2) is 6.17 Å². The van der Waals surface area contributed by atoms with Gasteiger partial charge in [-0.2, -0.15) is 5.10 Å². The third kappa shape index (κ3) is 7.02. The first-order valence-corrected chi connectivity index (χ1v) is 12.5. The van der Waals surface area contributed by atoms with Gasteiger partial charge in [0.1, 0.15) is 17.6 Å². The predicted octanol–water partition coefficient (Wildman–Crippen LogP) is 5.19. The lowest BCUT2D eigenvalue weighted by molar-refractivity contribution is -0.274. The second-order valence-electron chi connectivity index (χ2n) is 9.55. The van der Waals surface area contributed by atoms with E-state index in [4.69, 9.17) is 4.74 Å². The van der Waals surface area contributed by atoms with Crippen LogP contribution in [-0.4, -0.2) is 45.5 Å². The third-order valence-corrected chi connectivity index (χ3v) is 6.41. The van der Waals surface area contributed by atoms with E-state index in [-0.39, 0.29) is 16.9 Å². The molecule has 8 nitrogen and oxygen atoms in total. The van der Waals surface area contributed by atoms with E-state index < -0.39 is 48.9 Å². The highest BCUT2D eigenvalue weighted by Gasteiger charge is 2.34. The molecule has 0 saturated carbocycles. The Kier molecular flexibility index (Phi) is 8.64. The number of nitrogens with zero attached hydrogens (tertiary/aromatic N) is 3. The number of amides is 1. The quantitative estimate of drug-likeness (QED) is 0.262. The van der Waals surface area contributed by atoms with Gasteiger partial charge in [-0.25, -0.2) is 9.07 Å². The first kappa shape index (κ1) is 29.6. The molecule has 2 unspecified atom stereocenters. The van der Waals surface area contributed by atoms with Crippen molar-refractivity contribution in [2.45, 2.75) is 38.5 Å². The Balaban J connectivity index is 1.72. The Labute approximate surface area is 231 Å². The number of halogens is 5. The van der Waals surface area contributed by atoms with Crippen molar-refractivity contribution in [1.82, 2.24) is 19.7 Å². The molecule has 218 valence electrons. The van der Waals surface area contributed by atoms with Gasteiger partial charge in [-0.3, -0.25) is 14.0 Å². The average molecular weight is 579 g/mol. The average Bonchev–Trinajstić information content (AvgIpc) is 3.34. The van der Waals surface area contributed by atoms with E-state index in [1.165, 1.54) is 29.7 Å². The van der Waals surface area contributed by atoms with Crippen LogP contribution in [0.25, 0.3) is 16.6 Å². The number of pyridine rings is 1. The lowest BCUT2D eigenvalue weighted by atomic mass is 9.92. The maximum absolute atomic E-state index is 13.9. The first-order valence-electron chi connectivity index (χ1n) is 12.5. The third-order valence-electron chi connectivity index (χ3n) is 6.41. The van der Waals surface area contributed by atoms with Gasteiger partial charge in [0.05, 0.1) is 30.1 Å². The van der Waals surface area contributed by atoms with E-state index >= 15 is 0 Å². The smallest absolute Gasteiger partial charge is 0.484 e. The molecular formula is C28H27F5N4O4. The van der Waals surface area contributed by atoms with E-state index in [9.17, 15) is 31.5 Å².